The second-order valence-corrected chi connectivity index (χ2v) is 4.16. The van der Waals surface area contributed by atoms with Crippen LogP contribution >= 0.6 is 11.6 Å². The van der Waals surface area contributed by atoms with E-state index in [9.17, 15) is 4.79 Å². The molecule has 100 valence electrons. The molecule has 0 atom stereocenters. The Bertz CT molecular complexity index is 384. The Hall–Kier alpha value is -1.42. The van der Waals surface area contributed by atoms with Crippen LogP contribution in [0.3, 0.4) is 0 Å². The smallest absolute Gasteiger partial charge is 0.223 e. The first-order valence-electron chi connectivity index (χ1n) is 5.74. The van der Waals surface area contributed by atoms with E-state index in [0.29, 0.717) is 25.5 Å². The summed E-state index contributed by atoms with van der Waals surface area (Å²) in [6.07, 6.45) is 0.358. The third-order valence-electron chi connectivity index (χ3n) is 2.47. The number of hydrogen-bond acceptors (Lipinski definition) is 3. The first-order valence-corrected chi connectivity index (χ1v) is 6.27. The Morgan fingerprint density at radius 1 is 1.39 bits per heavy atom. The second kappa shape index (κ2) is 7.82. The van der Waals surface area contributed by atoms with E-state index in [1.807, 2.05) is 18.2 Å². The maximum atomic E-state index is 11.5. The van der Waals surface area contributed by atoms with Gasteiger partial charge in [-0.3, -0.25) is 4.79 Å². The van der Waals surface area contributed by atoms with Crippen LogP contribution in [-0.4, -0.2) is 44.0 Å². The van der Waals surface area contributed by atoms with Crippen LogP contribution in [0.1, 0.15) is 6.42 Å². The molecule has 5 heteroatoms. The molecule has 0 aliphatic rings. The van der Waals surface area contributed by atoms with E-state index in [1.165, 1.54) is 0 Å². The number of alkyl halides is 1. The highest BCUT2D eigenvalue weighted by molar-refractivity contribution is 6.18. The lowest BCUT2D eigenvalue weighted by atomic mass is 10.3. The van der Waals surface area contributed by atoms with E-state index in [4.69, 9.17) is 21.1 Å². The number of likely N-dealkylation sites (N-methyl/N-ethyl adjacent to an activating group) is 1. The molecule has 0 saturated carbocycles. The van der Waals surface area contributed by atoms with E-state index in [0.717, 1.165) is 11.5 Å². The van der Waals surface area contributed by atoms with Gasteiger partial charge in [0.15, 0.2) is 0 Å². The fourth-order valence-electron chi connectivity index (χ4n) is 1.39. The molecule has 0 heterocycles. The van der Waals surface area contributed by atoms with Gasteiger partial charge in [-0.2, -0.15) is 0 Å². The van der Waals surface area contributed by atoms with Crippen LogP contribution in [0.25, 0.3) is 0 Å². The van der Waals surface area contributed by atoms with Gasteiger partial charge in [-0.05, 0) is 12.1 Å². The van der Waals surface area contributed by atoms with Crippen molar-refractivity contribution in [1.29, 1.82) is 0 Å². The molecule has 18 heavy (non-hydrogen) atoms. The largest absolute Gasteiger partial charge is 0.497 e. The predicted octanol–water partition coefficient (Wildman–Crippen LogP) is 2.16. The van der Waals surface area contributed by atoms with Crippen molar-refractivity contribution in [2.75, 3.05) is 33.2 Å². The molecule has 0 aliphatic heterocycles. The zero-order chi connectivity index (χ0) is 13.4. The SMILES string of the molecule is COc1cccc(OCCN(C)C(=O)CCCl)c1. The summed E-state index contributed by atoms with van der Waals surface area (Å²) in [6, 6.07) is 7.36. The van der Waals surface area contributed by atoms with Crippen LogP contribution in [0.4, 0.5) is 0 Å². The monoisotopic (exact) mass is 271 g/mol. The van der Waals surface area contributed by atoms with Crippen molar-refractivity contribution in [3.63, 3.8) is 0 Å². The number of benzene rings is 1. The molecule has 4 nitrogen and oxygen atoms in total. The number of nitrogens with zero attached hydrogens (tertiary/aromatic N) is 1. The van der Waals surface area contributed by atoms with Crippen LogP contribution < -0.4 is 9.47 Å². The Morgan fingerprint density at radius 3 is 2.78 bits per heavy atom. The lowest BCUT2D eigenvalue weighted by Crippen LogP contribution is -2.30. The number of rotatable bonds is 7. The molecule has 0 radical (unpaired) electrons. The third-order valence-corrected chi connectivity index (χ3v) is 2.66. The van der Waals surface area contributed by atoms with Gasteiger partial charge < -0.3 is 14.4 Å². The van der Waals surface area contributed by atoms with Gasteiger partial charge in [-0.1, -0.05) is 6.07 Å². The zero-order valence-electron chi connectivity index (χ0n) is 10.7. The summed E-state index contributed by atoms with van der Waals surface area (Å²) in [4.78, 5) is 13.1. The minimum Gasteiger partial charge on any atom is -0.497 e. The molecule has 0 spiro atoms. The van der Waals surface area contributed by atoms with Gasteiger partial charge in [-0.25, -0.2) is 0 Å². The summed E-state index contributed by atoms with van der Waals surface area (Å²) >= 11 is 5.51. The van der Waals surface area contributed by atoms with Crippen LogP contribution in [0.15, 0.2) is 24.3 Å². The quantitative estimate of drug-likeness (QED) is 0.714. The maximum absolute atomic E-state index is 11.5. The van der Waals surface area contributed by atoms with E-state index >= 15 is 0 Å². The number of ether oxygens (including phenoxy) is 2. The van der Waals surface area contributed by atoms with Gasteiger partial charge in [0, 0.05) is 25.4 Å². The highest BCUT2D eigenvalue weighted by Gasteiger charge is 2.07. The average Bonchev–Trinajstić information content (AvgIpc) is 2.39. The number of methoxy groups -OCH3 is 1. The van der Waals surface area contributed by atoms with Crippen LogP contribution in [0.2, 0.25) is 0 Å². The van der Waals surface area contributed by atoms with Gasteiger partial charge in [-0.15, -0.1) is 11.6 Å². The van der Waals surface area contributed by atoms with Crippen molar-refractivity contribution in [2.45, 2.75) is 6.42 Å². The molecule has 0 aliphatic carbocycles. The molecule has 0 unspecified atom stereocenters. The average molecular weight is 272 g/mol. The minimum atomic E-state index is 0.0271. The Labute approximate surface area is 112 Å². The molecule has 0 aromatic heterocycles. The minimum absolute atomic E-state index is 0.0271. The molecule has 0 saturated heterocycles. The highest BCUT2D eigenvalue weighted by Crippen LogP contribution is 2.18. The number of carbonyl (C=O) groups excluding carboxylic acids is 1. The summed E-state index contributed by atoms with van der Waals surface area (Å²) in [6.45, 7) is 0.977. The van der Waals surface area contributed by atoms with Crippen LogP contribution in [0.5, 0.6) is 11.5 Å². The van der Waals surface area contributed by atoms with Crippen LogP contribution in [0, 0.1) is 0 Å². The predicted molar refractivity (Wildman–Crippen MR) is 71.5 cm³/mol. The molecule has 0 fully saturated rings. The number of amides is 1. The molecule has 1 rings (SSSR count). The molecule has 1 aromatic carbocycles. The molecule has 1 amide bonds. The first kappa shape index (κ1) is 14.6. The highest BCUT2D eigenvalue weighted by atomic mass is 35.5. The summed E-state index contributed by atoms with van der Waals surface area (Å²) in [5.41, 5.74) is 0. The number of hydrogen-bond donors (Lipinski definition) is 0. The standard InChI is InChI=1S/C13H18ClNO3/c1-15(13(16)6-7-14)8-9-18-12-5-3-4-11(10-12)17-2/h3-5,10H,6-9H2,1-2H3. The van der Waals surface area contributed by atoms with Gasteiger partial charge >= 0.3 is 0 Å². The maximum Gasteiger partial charge on any atom is 0.223 e. The summed E-state index contributed by atoms with van der Waals surface area (Å²) in [7, 11) is 3.35. The third kappa shape index (κ3) is 4.84. The van der Waals surface area contributed by atoms with E-state index < -0.39 is 0 Å². The van der Waals surface area contributed by atoms with Crippen molar-refractivity contribution >= 4 is 17.5 Å². The zero-order valence-corrected chi connectivity index (χ0v) is 11.4. The number of halogens is 1. The molecule has 1 aromatic rings. The topological polar surface area (TPSA) is 38.8 Å². The van der Waals surface area contributed by atoms with Gasteiger partial charge in [0.05, 0.1) is 13.7 Å². The van der Waals surface area contributed by atoms with Crippen LogP contribution in [-0.2, 0) is 4.79 Å². The number of carbonyl (C=O) groups is 1. The van der Waals surface area contributed by atoms with Crippen molar-refractivity contribution in [2.24, 2.45) is 0 Å². The van der Waals surface area contributed by atoms with Gasteiger partial charge in [0.1, 0.15) is 18.1 Å². The Balaban J connectivity index is 2.34. The lowest BCUT2D eigenvalue weighted by molar-refractivity contribution is -0.129. The molecule has 0 N–H and O–H groups in total. The van der Waals surface area contributed by atoms with Crippen molar-refractivity contribution in [1.82, 2.24) is 4.90 Å². The fraction of sp³-hybridized carbons (Fsp3) is 0.462. The summed E-state index contributed by atoms with van der Waals surface area (Å²) in [5, 5.41) is 0. The first-order chi connectivity index (χ1) is 8.67. The van der Waals surface area contributed by atoms with E-state index in [1.54, 1.807) is 25.1 Å². The van der Waals surface area contributed by atoms with E-state index in [2.05, 4.69) is 0 Å². The van der Waals surface area contributed by atoms with Crippen molar-refractivity contribution in [3.05, 3.63) is 24.3 Å². The summed E-state index contributed by atoms with van der Waals surface area (Å²) in [5.74, 6) is 1.85. The normalized spacial score (nSPS) is 9.94. The van der Waals surface area contributed by atoms with Gasteiger partial charge in [0.2, 0.25) is 5.91 Å². The fourth-order valence-corrected chi connectivity index (χ4v) is 1.55. The van der Waals surface area contributed by atoms with Crippen molar-refractivity contribution < 1.29 is 14.3 Å². The lowest BCUT2D eigenvalue weighted by Gasteiger charge is -2.17. The Kier molecular flexibility index (Phi) is 6.36. The van der Waals surface area contributed by atoms with Gasteiger partial charge in [0.25, 0.3) is 0 Å². The second-order valence-electron chi connectivity index (χ2n) is 3.78. The Morgan fingerprint density at radius 2 is 2.11 bits per heavy atom. The molecular weight excluding hydrogens is 254 g/mol. The van der Waals surface area contributed by atoms with Crippen molar-refractivity contribution in [3.8, 4) is 11.5 Å². The van der Waals surface area contributed by atoms with E-state index in [-0.39, 0.29) is 5.91 Å². The molecular formula is C13H18ClNO3. The summed E-state index contributed by atoms with van der Waals surface area (Å²) < 4.78 is 10.6. The molecule has 0 bridgehead atoms.